The van der Waals surface area contributed by atoms with Crippen LogP contribution in [0.25, 0.3) is 0 Å². The van der Waals surface area contributed by atoms with Crippen molar-refractivity contribution < 1.29 is 14.3 Å². The Kier molecular flexibility index (Phi) is 6.83. The predicted octanol–water partition coefficient (Wildman–Crippen LogP) is 4.76. The van der Waals surface area contributed by atoms with Crippen LogP contribution in [-0.4, -0.2) is 29.9 Å². The van der Waals surface area contributed by atoms with Crippen LogP contribution in [0.2, 0.25) is 0 Å². The molecule has 0 saturated carbocycles. The molecule has 4 rings (SSSR count). The number of allylic oxidation sites excluding steroid dienone is 1. The molecule has 6 nitrogen and oxygen atoms in total. The number of rotatable bonds is 6. The zero-order chi connectivity index (χ0) is 23.5. The Morgan fingerprint density at radius 1 is 1.24 bits per heavy atom. The highest BCUT2D eigenvalue weighted by molar-refractivity contribution is 7.97. The quantitative estimate of drug-likeness (QED) is 0.176. The van der Waals surface area contributed by atoms with Gasteiger partial charge in [-0.15, -0.1) is 11.3 Å². The van der Waals surface area contributed by atoms with Gasteiger partial charge in [0.1, 0.15) is 17.7 Å². The smallest absolute Gasteiger partial charge is 0.254 e. The Balaban J connectivity index is 1.67. The summed E-state index contributed by atoms with van der Waals surface area (Å²) in [6.07, 6.45) is -0.682. The van der Waals surface area contributed by atoms with E-state index in [1.54, 1.807) is 24.3 Å². The summed E-state index contributed by atoms with van der Waals surface area (Å²) in [5, 5.41) is 24.2. The number of hydrogen-bond donors (Lipinski definition) is 4. The van der Waals surface area contributed by atoms with Gasteiger partial charge in [-0.05, 0) is 65.7 Å². The summed E-state index contributed by atoms with van der Waals surface area (Å²) in [4.78, 5) is 16.8. The molecule has 2 heterocycles. The molecule has 170 valence electrons. The summed E-state index contributed by atoms with van der Waals surface area (Å²) in [6.45, 7) is 2.16. The van der Waals surface area contributed by atoms with E-state index in [1.807, 2.05) is 42.5 Å². The molecule has 1 aliphatic heterocycles. The monoisotopic (exact) mass is 482 g/mol. The SMILES string of the molecule is Cc1ccc2c(c1)SNC(/C(C(=O)NCc1ccc(F)cc1)=C(\O)C(=N)c1cccs1)N2C. The van der Waals surface area contributed by atoms with Gasteiger partial charge < -0.3 is 15.3 Å². The average molecular weight is 483 g/mol. The normalized spacial score (nSPS) is 16.1. The molecular weight excluding hydrogens is 459 g/mol. The lowest BCUT2D eigenvalue weighted by Gasteiger charge is -2.37. The molecule has 0 fully saturated rings. The Bertz CT molecular complexity index is 1210. The van der Waals surface area contributed by atoms with Crippen LogP contribution in [0.15, 0.2) is 76.2 Å². The van der Waals surface area contributed by atoms with Gasteiger partial charge in [-0.25, -0.2) is 9.11 Å². The van der Waals surface area contributed by atoms with Gasteiger partial charge in [-0.1, -0.05) is 24.3 Å². The lowest BCUT2D eigenvalue weighted by atomic mass is 10.1. The first-order chi connectivity index (χ1) is 15.8. The lowest BCUT2D eigenvalue weighted by molar-refractivity contribution is -0.118. The van der Waals surface area contributed by atoms with Crippen LogP contribution >= 0.6 is 23.3 Å². The Morgan fingerprint density at radius 2 is 2.00 bits per heavy atom. The van der Waals surface area contributed by atoms with E-state index in [4.69, 9.17) is 5.41 Å². The number of nitrogens with one attached hydrogen (secondary N) is 3. The minimum atomic E-state index is -0.682. The van der Waals surface area contributed by atoms with Crippen molar-refractivity contribution in [2.24, 2.45) is 0 Å². The largest absolute Gasteiger partial charge is 0.505 e. The number of halogens is 1. The van der Waals surface area contributed by atoms with Gasteiger partial charge in [0.15, 0.2) is 5.76 Å². The molecule has 0 bridgehead atoms. The van der Waals surface area contributed by atoms with Crippen molar-refractivity contribution in [3.63, 3.8) is 0 Å². The molecule has 0 spiro atoms. The molecule has 0 radical (unpaired) electrons. The Morgan fingerprint density at radius 3 is 2.70 bits per heavy atom. The number of benzene rings is 2. The minimum absolute atomic E-state index is 0.0386. The summed E-state index contributed by atoms with van der Waals surface area (Å²) >= 11 is 2.69. The molecular formula is C24H23FN4O2S2. The standard InChI is InChI=1S/C24H23FN4O2S2/c1-14-5-10-17-19(12-14)33-28-23(29(17)2)20(22(30)21(26)18-4-3-11-32-18)24(31)27-13-15-6-8-16(25)9-7-15/h3-12,23,26,28,30H,13H2,1-2H3,(H,27,31)/b22-20+,26-21?. The first-order valence-corrected chi connectivity index (χ1v) is 11.9. The number of aliphatic hydroxyl groups excluding tert-OH is 1. The molecule has 4 N–H and O–H groups in total. The second-order valence-corrected chi connectivity index (χ2v) is 9.46. The fraction of sp³-hybridized carbons (Fsp3) is 0.167. The van der Waals surface area contributed by atoms with Crippen molar-refractivity contribution in [3.8, 4) is 0 Å². The highest BCUT2D eigenvalue weighted by atomic mass is 32.2. The molecule has 1 atom stereocenters. The van der Waals surface area contributed by atoms with E-state index in [0.717, 1.165) is 21.7 Å². The molecule has 1 unspecified atom stereocenters. The molecule has 1 aliphatic rings. The number of anilines is 1. The zero-order valence-corrected chi connectivity index (χ0v) is 19.7. The third-order valence-corrected chi connectivity index (χ3v) is 7.08. The average Bonchev–Trinajstić information content (AvgIpc) is 3.34. The van der Waals surface area contributed by atoms with Crippen LogP contribution in [0.1, 0.15) is 16.0 Å². The third-order valence-electron chi connectivity index (χ3n) is 5.31. The predicted molar refractivity (Wildman–Crippen MR) is 131 cm³/mol. The molecule has 2 aromatic carbocycles. The summed E-state index contributed by atoms with van der Waals surface area (Å²) in [5.74, 6) is -1.26. The van der Waals surface area contributed by atoms with Gasteiger partial charge in [-0.2, -0.15) is 0 Å². The van der Waals surface area contributed by atoms with Gasteiger partial charge in [0, 0.05) is 18.5 Å². The second-order valence-electron chi connectivity index (χ2n) is 7.63. The molecule has 33 heavy (non-hydrogen) atoms. The van der Waals surface area contributed by atoms with Crippen molar-refractivity contribution in [1.82, 2.24) is 10.0 Å². The summed E-state index contributed by atoms with van der Waals surface area (Å²) in [6, 6.07) is 15.4. The number of aliphatic hydroxyl groups is 1. The lowest BCUT2D eigenvalue weighted by Crippen LogP contribution is -2.49. The number of nitrogens with zero attached hydrogens (tertiary/aromatic N) is 1. The molecule has 0 aliphatic carbocycles. The number of aryl methyl sites for hydroxylation is 1. The third kappa shape index (κ3) is 4.95. The maximum Gasteiger partial charge on any atom is 0.254 e. The van der Waals surface area contributed by atoms with Gasteiger partial charge in [0.05, 0.1) is 16.1 Å². The van der Waals surface area contributed by atoms with Crippen LogP contribution in [0.5, 0.6) is 0 Å². The second kappa shape index (κ2) is 9.78. The van der Waals surface area contributed by atoms with E-state index in [9.17, 15) is 14.3 Å². The maximum absolute atomic E-state index is 13.3. The topological polar surface area (TPSA) is 88.5 Å². The van der Waals surface area contributed by atoms with Crippen molar-refractivity contribution in [2.45, 2.75) is 24.5 Å². The summed E-state index contributed by atoms with van der Waals surface area (Å²) in [7, 11) is 1.83. The van der Waals surface area contributed by atoms with E-state index >= 15 is 0 Å². The van der Waals surface area contributed by atoms with E-state index < -0.39 is 17.8 Å². The molecule has 3 aromatic rings. The molecule has 0 saturated heterocycles. The number of thiophene rings is 1. The maximum atomic E-state index is 13.3. The van der Waals surface area contributed by atoms with Crippen LogP contribution in [-0.2, 0) is 11.3 Å². The van der Waals surface area contributed by atoms with E-state index in [0.29, 0.717) is 4.88 Å². The fourth-order valence-electron chi connectivity index (χ4n) is 3.50. The highest BCUT2D eigenvalue weighted by Crippen LogP contribution is 2.36. The van der Waals surface area contributed by atoms with Crippen LogP contribution in [0, 0.1) is 18.2 Å². The van der Waals surface area contributed by atoms with E-state index in [2.05, 4.69) is 10.0 Å². The molecule has 1 aromatic heterocycles. The number of fused-ring (bicyclic) bond motifs is 1. The van der Waals surface area contributed by atoms with E-state index in [-0.39, 0.29) is 23.6 Å². The summed E-state index contributed by atoms with van der Waals surface area (Å²) < 4.78 is 16.4. The van der Waals surface area contributed by atoms with Crippen LogP contribution in [0.4, 0.5) is 10.1 Å². The summed E-state index contributed by atoms with van der Waals surface area (Å²) in [5.41, 5.74) is 2.67. The number of carbonyl (C=O) groups excluding carboxylic acids is 1. The number of hydrogen-bond acceptors (Lipinski definition) is 7. The first-order valence-electron chi connectivity index (χ1n) is 10.2. The molecule has 9 heteroatoms. The first kappa shape index (κ1) is 23.0. The van der Waals surface area contributed by atoms with Crippen molar-refractivity contribution in [1.29, 1.82) is 5.41 Å². The van der Waals surface area contributed by atoms with Crippen molar-refractivity contribution >= 4 is 40.6 Å². The van der Waals surface area contributed by atoms with Crippen molar-refractivity contribution in [3.05, 3.63) is 93.1 Å². The molecule has 1 amide bonds. The van der Waals surface area contributed by atoms with Crippen molar-refractivity contribution in [2.75, 3.05) is 11.9 Å². The van der Waals surface area contributed by atoms with Gasteiger partial charge >= 0.3 is 0 Å². The number of likely N-dealkylation sites (N-methyl/N-ethyl adjacent to an activating group) is 1. The Hall–Kier alpha value is -3.14. The van der Waals surface area contributed by atoms with Gasteiger partial charge in [-0.3, -0.25) is 10.2 Å². The van der Waals surface area contributed by atoms with Gasteiger partial charge in [0.25, 0.3) is 5.91 Å². The zero-order valence-electron chi connectivity index (χ0n) is 18.1. The number of amides is 1. The van der Waals surface area contributed by atoms with E-state index in [1.165, 1.54) is 35.4 Å². The fourth-order valence-corrected chi connectivity index (χ4v) is 5.25. The number of carbonyl (C=O) groups is 1. The Labute approximate surface area is 199 Å². The van der Waals surface area contributed by atoms with Crippen LogP contribution in [0.3, 0.4) is 0 Å². The van der Waals surface area contributed by atoms with Gasteiger partial charge in [0.2, 0.25) is 0 Å². The van der Waals surface area contributed by atoms with Crippen LogP contribution < -0.4 is 14.9 Å². The highest BCUT2D eigenvalue weighted by Gasteiger charge is 2.34. The minimum Gasteiger partial charge on any atom is -0.505 e.